The first-order valence-corrected chi connectivity index (χ1v) is 7.82. The number of rotatable bonds is 3. The van der Waals surface area contributed by atoms with Crippen LogP contribution in [-0.4, -0.2) is 36.6 Å². The molecule has 138 valence electrons. The van der Waals surface area contributed by atoms with Crippen molar-refractivity contribution < 1.29 is 31.9 Å². The number of halogens is 4. The molecular weight excluding hydrogens is 344 g/mol. The van der Waals surface area contributed by atoms with E-state index >= 15 is 0 Å². The molecule has 1 aromatic rings. The molecule has 0 radical (unpaired) electrons. The predicted molar refractivity (Wildman–Crippen MR) is 81.4 cm³/mol. The molecule has 1 atom stereocenters. The van der Waals surface area contributed by atoms with E-state index in [1.54, 1.807) is 6.92 Å². The average Bonchev–Trinajstić information content (AvgIpc) is 2.56. The third-order valence-corrected chi connectivity index (χ3v) is 3.88. The summed E-state index contributed by atoms with van der Waals surface area (Å²) >= 11 is 0. The van der Waals surface area contributed by atoms with Crippen molar-refractivity contribution in [3.05, 3.63) is 29.6 Å². The van der Waals surface area contributed by atoms with Crippen LogP contribution in [0.2, 0.25) is 0 Å². The molecule has 1 aliphatic heterocycles. The number of hydrogen-bond acceptors (Lipinski definition) is 3. The van der Waals surface area contributed by atoms with Crippen LogP contribution in [0, 0.1) is 11.7 Å². The summed E-state index contributed by atoms with van der Waals surface area (Å²) < 4.78 is 57.7. The number of esters is 1. The van der Waals surface area contributed by atoms with E-state index in [1.807, 2.05) is 5.32 Å². The Morgan fingerprint density at radius 2 is 2.08 bits per heavy atom. The SMILES string of the molecule is CCOC(=O)C1CCCN(C(=O)Nc2c(F)cccc2C(F)(F)F)C1. The second-order valence-electron chi connectivity index (χ2n) is 5.63. The molecule has 2 rings (SSSR count). The van der Waals surface area contributed by atoms with Crippen molar-refractivity contribution in [2.75, 3.05) is 25.0 Å². The van der Waals surface area contributed by atoms with Gasteiger partial charge < -0.3 is 15.0 Å². The van der Waals surface area contributed by atoms with Crippen molar-refractivity contribution in [1.29, 1.82) is 0 Å². The maximum absolute atomic E-state index is 13.8. The standard InChI is InChI=1S/C16H18F4N2O3/c1-2-25-14(23)10-5-4-8-22(9-10)15(24)21-13-11(16(18,19)20)6-3-7-12(13)17/h3,6-7,10H,2,4-5,8-9H2,1H3,(H,21,24). The highest BCUT2D eigenvalue weighted by Gasteiger charge is 2.36. The number of carbonyl (C=O) groups is 2. The van der Waals surface area contributed by atoms with E-state index in [2.05, 4.69) is 0 Å². The minimum Gasteiger partial charge on any atom is -0.466 e. The van der Waals surface area contributed by atoms with Gasteiger partial charge in [-0.05, 0) is 31.9 Å². The molecule has 1 aromatic carbocycles. The summed E-state index contributed by atoms with van der Waals surface area (Å²) in [4.78, 5) is 25.2. The first-order chi connectivity index (χ1) is 11.7. The van der Waals surface area contributed by atoms with E-state index in [-0.39, 0.29) is 19.7 Å². The molecule has 1 N–H and O–H groups in total. The second kappa shape index (κ2) is 7.71. The Balaban J connectivity index is 2.13. The Morgan fingerprint density at radius 3 is 2.72 bits per heavy atom. The molecule has 2 amide bonds. The molecule has 0 aromatic heterocycles. The number of ether oxygens (including phenoxy) is 1. The number of likely N-dealkylation sites (tertiary alicyclic amines) is 1. The van der Waals surface area contributed by atoms with Gasteiger partial charge in [0.2, 0.25) is 0 Å². The van der Waals surface area contributed by atoms with E-state index in [9.17, 15) is 27.2 Å². The maximum Gasteiger partial charge on any atom is 0.418 e. The van der Waals surface area contributed by atoms with Crippen LogP contribution in [0.3, 0.4) is 0 Å². The van der Waals surface area contributed by atoms with Crippen molar-refractivity contribution >= 4 is 17.7 Å². The van der Waals surface area contributed by atoms with Gasteiger partial charge in [-0.1, -0.05) is 6.07 Å². The first-order valence-electron chi connectivity index (χ1n) is 7.82. The number of urea groups is 1. The molecule has 0 aliphatic carbocycles. The highest BCUT2D eigenvalue weighted by Crippen LogP contribution is 2.36. The van der Waals surface area contributed by atoms with E-state index in [0.29, 0.717) is 18.9 Å². The molecule has 5 nitrogen and oxygen atoms in total. The third kappa shape index (κ3) is 4.61. The number of anilines is 1. The fourth-order valence-corrected chi connectivity index (χ4v) is 2.69. The monoisotopic (exact) mass is 362 g/mol. The normalized spacial score (nSPS) is 18.0. The fraction of sp³-hybridized carbons (Fsp3) is 0.500. The summed E-state index contributed by atoms with van der Waals surface area (Å²) in [7, 11) is 0. The van der Waals surface area contributed by atoms with Gasteiger partial charge in [-0.15, -0.1) is 0 Å². The van der Waals surface area contributed by atoms with Crippen LogP contribution in [0.25, 0.3) is 0 Å². The van der Waals surface area contributed by atoms with Crippen LogP contribution in [0.1, 0.15) is 25.3 Å². The highest BCUT2D eigenvalue weighted by atomic mass is 19.4. The first kappa shape index (κ1) is 19.0. The minimum absolute atomic E-state index is 0.0144. The van der Waals surface area contributed by atoms with Crippen molar-refractivity contribution in [2.24, 2.45) is 5.92 Å². The van der Waals surface area contributed by atoms with E-state index in [4.69, 9.17) is 4.74 Å². The summed E-state index contributed by atoms with van der Waals surface area (Å²) in [6.45, 7) is 2.13. The Hall–Kier alpha value is -2.32. The highest BCUT2D eigenvalue weighted by molar-refractivity contribution is 5.91. The van der Waals surface area contributed by atoms with Crippen LogP contribution >= 0.6 is 0 Å². The lowest BCUT2D eigenvalue weighted by Crippen LogP contribution is -2.45. The Kier molecular flexibility index (Phi) is 5.86. The number of para-hydroxylation sites is 1. The van der Waals surface area contributed by atoms with E-state index in [0.717, 1.165) is 12.1 Å². The van der Waals surface area contributed by atoms with Crippen LogP contribution in [0.4, 0.5) is 28.0 Å². The predicted octanol–water partition coefficient (Wildman–Crippen LogP) is 3.65. The van der Waals surface area contributed by atoms with Gasteiger partial charge in [-0.25, -0.2) is 9.18 Å². The number of nitrogens with zero attached hydrogens (tertiary/aromatic N) is 1. The van der Waals surface area contributed by atoms with Gasteiger partial charge >= 0.3 is 18.2 Å². The smallest absolute Gasteiger partial charge is 0.418 e. The number of amides is 2. The molecule has 0 saturated carbocycles. The van der Waals surface area contributed by atoms with E-state index < -0.39 is 41.2 Å². The summed E-state index contributed by atoms with van der Waals surface area (Å²) in [6, 6.07) is 1.56. The summed E-state index contributed by atoms with van der Waals surface area (Å²) in [5.74, 6) is -2.17. The molecule has 9 heteroatoms. The molecule has 1 saturated heterocycles. The second-order valence-corrected chi connectivity index (χ2v) is 5.63. The Morgan fingerprint density at radius 1 is 1.36 bits per heavy atom. The summed E-state index contributed by atoms with van der Waals surface area (Å²) in [5, 5.41) is 1.99. The zero-order valence-corrected chi connectivity index (χ0v) is 13.5. The largest absolute Gasteiger partial charge is 0.466 e. The van der Waals surface area contributed by atoms with Crippen LogP contribution in [0.15, 0.2) is 18.2 Å². The van der Waals surface area contributed by atoms with Crippen molar-refractivity contribution in [1.82, 2.24) is 4.90 Å². The lowest BCUT2D eigenvalue weighted by atomic mass is 9.98. The van der Waals surface area contributed by atoms with Gasteiger partial charge in [0.1, 0.15) is 5.82 Å². The van der Waals surface area contributed by atoms with E-state index in [1.165, 1.54) is 4.90 Å². The molecular formula is C16H18F4N2O3. The van der Waals surface area contributed by atoms with Crippen LogP contribution < -0.4 is 5.32 Å². The Labute approximate surface area is 141 Å². The lowest BCUT2D eigenvalue weighted by molar-refractivity contribution is -0.149. The van der Waals surface area contributed by atoms with Crippen molar-refractivity contribution in [2.45, 2.75) is 25.9 Å². The molecule has 25 heavy (non-hydrogen) atoms. The fourth-order valence-electron chi connectivity index (χ4n) is 2.69. The quantitative estimate of drug-likeness (QED) is 0.660. The van der Waals surface area contributed by atoms with Crippen molar-refractivity contribution in [3.63, 3.8) is 0 Å². The number of benzene rings is 1. The minimum atomic E-state index is -4.81. The van der Waals surface area contributed by atoms with Gasteiger partial charge in [0.15, 0.2) is 0 Å². The summed E-state index contributed by atoms with van der Waals surface area (Å²) in [6.07, 6.45) is -3.78. The van der Waals surface area contributed by atoms with Gasteiger partial charge in [0.25, 0.3) is 0 Å². The topological polar surface area (TPSA) is 58.6 Å². The molecule has 1 fully saturated rings. The molecule has 1 unspecified atom stereocenters. The number of nitrogens with one attached hydrogen (secondary N) is 1. The number of hydrogen-bond donors (Lipinski definition) is 1. The van der Waals surface area contributed by atoms with Gasteiger partial charge in [-0.2, -0.15) is 13.2 Å². The zero-order chi connectivity index (χ0) is 18.6. The van der Waals surface area contributed by atoms with Gasteiger partial charge in [0.05, 0.1) is 23.8 Å². The van der Waals surface area contributed by atoms with Crippen molar-refractivity contribution in [3.8, 4) is 0 Å². The third-order valence-electron chi connectivity index (χ3n) is 3.88. The Bertz CT molecular complexity index is 649. The van der Waals surface area contributed by atoms with Gasteiger partial charge in [0, 0.05) is 13.1 Å². The number of piperidine rings is 1. The number of alkyl halides is 3. The lowest BCUT2D eigenvalue weighted by Gasteiger charge is -2.31. The average molecular weight is 362 g/mol. The molecule has 1 aliphatic rings. The zero-order valence-electron chi connectivity index (χ0n) is 13.5. The van der Waals surface area contributed by atoms with Crippen LogP contribution in [-0.2, 0) is 15.7 Å². The molecule has 1 heterocycles. The maximum atomic E-state index is 13.8. The molecule has 0 bridgehead atoms. The number of carbonyl (C=O) groups excluding carboxylic acids is 2. The van der Waals surface area contributed by atoms with Gasteiger partial charge in [-0.3, -0.25) is 4.79 Å². The van der Waals surface area contributed by atoms with Crippen LogP contribution in [0.5, 0.6) is 0 Å². The molecule has 0 spiro atoms. The summed E-state index contributed by atoms with van der Waals surface area (Å²) in [5.41, 5.74) is -2.18.